The van der Waals surface area contributed by atoms with Crippen LogP contribution in [0.25, 0.3) is 33.7 Å². The summed E-state index contributed by atoms with van der Waals surface area (Å²) in [5.41, 5.74) is 1.82. The number of rotatable bonds is 2. The Labute approximate surface area is 244 Å². The van der Waals surface area contributed by atoms with Crippen molar-refractivity contribution in [3.8, 4) is 0 Å². The molecular formula is C37H34N2O3. The zero-order valence-corrected chi connectivity index (χ0v) is 24.9. The fraction of sp³-hybridized carbons (Fsp3) is 0.270. The van der Waals surface area contributed by atoms with Gasteiger partial charge in [-0.15, -0.1) is 0 Å². The van der Waals surface area contributed by atoms with Gasteiger partial charge in [0.2, 0.25) is 16.3 Å². The third-order valence-electron chi connectivity index (χ3n) is 10.0. The molecule has 2 heterocycles. The Morgan fingerprint density at radius 3 is 1.33 bits per heavy atom. The Morgan fingerprint density at radius 2 is 0.929 bits per heavy atom. The van der Waals surface area contributed by atoms with Gasteiger partial charge in [-0.3, -0.25) is 14.4 Å². The van der Waals surface area contributed by atoms with E-state index in [2.05, 4.69) is 86.0 Å². The largest absolute Gasteiger partial charge is 0.367 e. The summed E-state index contributed by atoms with van der Waals surface area (Å²) in [6, 6.07) is 24.4. The van der Waals surface area contributed by atoms with E-state index in [1.54, 1.807) is 12.2 Å². The Balaban J connectivity index is 1.38. The van der Waals surface area contributed by atoms with Gasteiger partial charge in [0.05, 0.1) is 22.5 Å². The quantitative estimate of drug-likeness (QED) is 0.308. The molecule has 0 bridgehead atoms. The van der Waals surface area contributed by atoms with E-state index in [-0.39, 0.29) is 22.5 Å². The van der Waals surface area contributed by atoms with E-state index in [0.29, 0.717) is 0 Å². The first-order chi connectivity index (χ1) is 19.9. The predicted molar refractivity (Wildman–Crippen MR) is 174 cm³/mol. The van der Waals surface area contributed by atoms with E-state index >= 15 is 0 Å². The molecule has 0 fully saturated rings. The second-order valence-corrected chi connectivity index (χ2v) is 13.1. The monoisotopic (exact) mass is 554 g/mol. The van der Waals surface area contributed by atoms with Crippen LogP contribution in [0, 0.1) is 0 Å². The van der Waals surface area contributed by atoms with Crippen molar-refractivity contribution in [3.05, 3.63) is 125 Å². The van der Waals surface area contributed by atoms with Gasteiger partial charge in [-0.25, -0.2) is 0 Å². The van der Waals surface area contributed by atoms with Crippen molar-refractivity contribution in [1.82, 2.24) is 0 Å². The lowest BCUT2D eigenvalue weighted by molar-refractivity contribution is 0.507. The first-order valence-corrected chi connectivity index (χ1v) is 14.5. The Kier molecular flexibility index (Phi) is 5.50. The van der Waals surface area contributed by atoms with E-state index in [1.807, 2.05) is 38.4 Å². The zero-order chi connectivity index (χ0) is 29.7. The minimum absolute atomic E-state index is 0.0188. The van der Waals surface area contributed by atoms with Gasteiger partial charge >= 0.3 is 0 Å². The number of fused-ring (bicyclic) bond motifs is 6. The molecule has 0 aliphatic carbocycles. The molecule has 7 rings (SSSR count). The second-order valence-electron chi connectivity index (χ2n) is 13.1. The Hall–Kier alpha value is -4.51. The van der Waals surface area contributed by atoms with Crippen molar-refractivity contribution in [2.75, 3.05) is 23.9 Å². The van der Waals surface area contributed by atoms with Crippen LogP contribution in [0.5, 0.6) is 0 Å². The lowest BCUT2D eigenvalue weighted by atomic mass is 9.78. The molecule has 210 valence electrons. The summed E-state index contributed by atoms with van der Waals surface area (Å²) in [4.78, 5) is 45.0. The van der Waals surface area contributed by atoms with Crippen molar-refractivity contribution >= 4 is 45.1 Å². The first-order valence-electron chi connectivity index (χ1n) is 14.5. The van der Waals surface area contributed by atoms with Crippen LogP contribution in [-0.4, -0.2) is 26.2 Å². The van der Waals surface area contributed by atoms with Crippen molar-refractivity contribution in [1.29, 1.82) is 0 Å². The van der Waals surface area contributed by atoms with Crippen molar-refractivity contribution in [2.24, 2.45) is 0 Å². The van der Waals surface area contributed by atoms with Crippen molar-refractivity contribution < 1.29 is 0 Å². The molecule has 0 N–H and O–H groups in total. The summed E-state index contributed by atoms with van der Waals surface area (Å²) in [6.45, 7) is 8.57. The van der Waals surface area contributed by atoms with Crippen LogP contribution in [0.3, 0.4) is 0 Å². The molecule has 2 unspecified atom stereocenters. The fourth-order valence-electron chi connectivity index (χ4n) is 7.88. The van der Waals surface area contributed by atoms with Crippen LogP contribution in [-0.2, 0) is 10.8 Å². The fourth-order valence-corrected chi connectivity index (χ4v) is 7.88. The summed E-state index contributed by atoms with van der Waals surface area (Å²) < 4.78 is 0. The van der Waals surface area contributed by atoms with E-state index in [1.165, 1.54) is 11.1 Å². The van der Waals surface area contributed by atoms with Gasteiger partial charge in [0, 0.05) is 36.3 Å². The number of likely N-dealkylation sites (N-methyl/N-ethyl adjacent to an activating group) is 2. The highest BCUT2D eigenvalue weighted by atomic mass is 16.2. The summed E-state index contributed by atoms with van der Waals surface area (Å²) in [7, 11) is 3.98. The standard InChI is InChI=1S/C37H34N2O3/c1-36(2)29(38(5)27-17-15-21-11-7-9-13-23(21)31(27)36)19-25-33(40)26(35(42)34(25)41)20-30-37(3,4)32-24-14-10-8-12-22(24)16-18-28(32)39(30)6/h7-20,29-30H,1-6H3. The van der Waals surface area contributed by atoms with Gasteiger partial charge in [0.15, 0.2) is 0 Å². The highest BCUT2D eigenvalue weighted by Crippen LogP contribution is 2.49. The summed E-state index contributed by atoms with van der Waals surface area (Å²) in [5, 5.41) is 4.58. The van der Waals surface area contributed by atoms with Gasteiger partial charge in [-0.1, -0.05) is 88.4 Å². The number of hydrogen-bond donors (Lipinski definition) is 0. The van der Waals surface area contributed by atoms with Gasteiger partial charge in [-0.05, 0) is 57.0 Å². The molecule has 5 nitrogen and oxygen atoms in total. The normalized spacial score (nSPS) is 21.5. The maximum atomic E-state index is 13.9. The molecule has 2 aliphatic heterocycles. The topological polar surface area (TPSA) is 57.7 Å². The molecule has 0 amide bonds. The summed E-state index contributed by atoms with van der Waals surface area (Å²) >= 11 is 0. The molecule has 0 saturated carbocycles. The maximum Gasteiger partial charge on any atom is 0.237 e. The molecular weight excluding hydrogens is 520 g/mol. The van der Waals surface area contributed by atoms with Crippen LogP contribution in [0.4, 0.5) is 11.4 Å². The SMILES string of the molecule is CN1c2ccc3ccccc3c2C(C)(C)C1C=c1c(=O)c(=O)c(=CC2N(C)c3ccc4ccccc4c3C2(C)C)c1=O. The van der Waals surface area contributed by atoms with Crippen LogP contribution in [0.15, 0.2) is 87.2 Å². The molecule has 2 atom stereocenters. The number of benzene rings is 4. The van der Waals surface area contributed by atoms with E-state index < -0.39 is 27.1 Å². The van der Waals surface area contributed by atoms with Crippen molar-refractivity contribution in [3.63, 3.8) is 0 Å². The summed E-state index contributed by atoms with van der Waals surface area (Å²) in [6.07, 6.45) is 3.48. The lowest BCUT2D eigenvalue weighted by Crippen LogP contribution is -2.45. The van der Waals surface area contributed by atoms with Crippen LogP contribution >= 0.6 is 0 Å². The number of nitrogens with zero attached hydrogens (tertiary/aromatic N) is 2. The smallest absolute Gasteiger partial charge is 0.237 e. The average molecular weight is 555 g/mol. The number of hydrogen-bond acceptors (Lipinski definition) is 5. The average Bonchev–Trinajstić information content (AvgIpc) is 3.40. The summed E-state index contributed by atoms with van der Waals surface area (Å²) in [5.74, 6) is 0. The van der Waals surface area contributed by atoms with E-state index in [4.69, 9.17) is 0 Å². The molecule has 0 aromatic heterocycles. The molecule has 5 aromatic rings. The third-order valence-corrected chi connectivity index (χ3v) is 10.0. The minimum atomic E-state index is -0.710. The van der Waals surface area contributed by atoms with E-state index in [9.17, 15) is 14.4 Å². The molecule has 42 heavy (non-hydrogen) atoms. The predicted octanol–water partition coefficient (Wildman–Crippen LogP) is 4.10. The third kappa shape index (κ3) is 3.40. The maximum absolute atomic E-state index is 13.9. The first kappa shape index (κ1) is 26.4. The number of anilines is 2. The highest BCUT2D eigenvalue weighted by Gasteiger charge is 2.44. The van der Waals surface area contributed by atoms with Gasteiger partial charge < -0.3 is 9.80 Å². The molecule has 5 heteroatoms. The van der Waals surface area contributed by atoms with Gasteiger partial charge in [0.25, 0.3) is 0 Å². The molecule has 0 radical (unpaired) electrons. The molecule has 0 saturated heterocycles. The second kappa shape index (κ2) is 8.75. The highest BCUT2D eigenvalue weighted by molar-refractivity contribution is 5.95. The molecule has 2 aliphatic rings. The van der Waals surface area contributed by atoms with Gasteiger partial charge in [0.1, 0.15) is 0 Å². The van der Waals surface area contributed by atoms with Crippen LogP contribution in [0.1, 0.15) is 38.8 Å². The Bertz CT molecular complexity index is 2060. The molecule has 0 spiro atoms. The van der Waals surface area contributed by atoms with Gasteiger partial charge in [-0.2, -0.15) is 0 Å². The zero-order valence-electron chi connectivity index (χ0n) is 24.9. The minimum Gasteiger partial charge on any atom is -0.367 e. The lowest BCUT2D eigenvalue weighted by Gasteiger charge is -2.30. The van der Waals surface area contributed by atoms with Crippen molar-refractivity contribution in [2.45, 2.75) is 50.6 Å². The Morgan fingerprint density at radius 1 is 0.548 bits per heavy atom. The van der Waals surface area contributed by atoms with Crippen LogP contribution < -0.4 is 36.5 Å². The molecule has 5 aromatic carbocycles. The van der Waals surface area contributed by atoms with E-state index in [0.717, 1.165) is 32.9 Å². The van der Waals surface area contributed by atoms with Crippen LogP contribution in [0.2, 0.25) is 0 Å².